The largest absolute Gasteiger partial charge is 0.361 e. The van der Waals surface area contributed by atoms with Crippen molar-refractivity contribution in [1.29, 1.82) is 0 Å². The van der Waals surface area contributed by atoms with E-state index in [-0.39, 0.29) is 0 Å². The number of para-hydroxylation sites is 1. The van der Waals surface area contributed by atoms with Gasteiger partial charge in [0.1, 0.15) is 5.69 Å². The van der Waals surface area contributed by atoms with Crippen molar-refractivity contribution in [2.45, 2.75) is 0 Å². The zero-order chi connectivity index (χ0) is 13.6. The van der Waals surface area contributed by atoms with Gasteiger partial charge in [0, 0.05) is 17.3 Å². The number of fused-ring (bicyclic) bond motifs is 1. The van der Waals surface area contributed by atoms with Crippen molar-refractivity contribution in [1.82, 2.24) is 20.4 Å². The molecule has 0 bridgehead atoms. The number of H-pyrrole nitrogens is 2. The molecule has 2 aromatic heterocycles. The van der Waals surface area contributed by atoms with Crippen molar-refractivity contribution in [2.24, 2.45) is 0 Å². The number of hydrogen-bond donors (Lipinski definition) is 2. The Balaban J connectivity index is 0.000000123. The van der Waals surface area contributed by atoms with Gasteiger partial charge in [-0.05, 0) is 17.5 Å². The molecule has 4 aromatic rings. The monoisotopic (exact) mass is 262 g/mol. The van der Waals surface area contributed by atoms with E-state index in [2.05, 4.69) is 38.6 Å². The Bertz CT molecular complexity index is 727. The Morgan fingerprint density at radius 2 is 1.60 bits per heavy atom. The molecule has 0 saturated heterocycles. The first kappa shape index (κ1) is 12.2. The summed E-state index contributed by atoms with van der Waals surface area (Å²) in [6, 6.07) is 20.2. The lowest BCUT2D eigenvalue weighted by molar-refractivity contribution is 0.942. The number of nitrogens with zero attached hydrogens (tertiary/aromatic N) is 2. The lowest BCUT2D eigenvalue weighted by atomic mass is 10.2. The van der Waals surface area contributed by atoms with Crippen LogP contribution in [0.1, 0.15) is 0 Å². The predicted molar refractivity (Wildman–Crippen MR) is 80.1 cm³/mol. The Morgan fingerprint density at radius 3 is 2.35 bits per heavy atom. The van der Waals surface area contributed by atoms with E-state index in [1.807, 2.05) is 48.7 Å². The van der Waals surface area contributed by atoms with Gasteiger partial charge in [0.25, 0.3) is 0 Å². The minimum atomic E-state index is 0.880. The van der Waals surface area contributed by atoms with Gasteiger partial charge in [-0.15, -0.1) is 0 Å². The molecule has 0 unspecified atom stereocenters. The van der Waals surface area contributed by atoms with Crippen molar-refractivity contribution in [2.75, 3.05) is 0 Å². The van der Waals surface area contributed by atoms with Crippen molar-refractivity contribution in [3.8, 4) is 11.3 Å². The van der Waals surface area contributed by atoms with Gasteiger partial charge >= 0.3 is 0 Å². The fraction of sp³-hybridized carbons (Fsp3) is 0. The first-order valence-corrected chi connectivity index (χ1v) is 6.37. The standard InChI is InChI=1S/C8H7N3.C8H7N/c1-2-4-7(5-3-1)8-6-9-11-10-8;1-2-4-8-7(3-1)5-6-9-8/h1-6H,(H,9,10,11);1-6,9H. The first-order chi connectivity index (χ1) is 9.93. The van der Waals surface area contributed by atoms with Crippen LogP contribution in [-0.4, -0.2) is 20.4 Å². The average molecular weight is 262 g/mol. The normalized spacial score (nSPS) is 10.0. The summed E-state index contributed by atoms with van der Waals surface area (Å²) in [5, 5.41) is 11.5. The number of benzene rings is 2. The van der Waals surface area contributed by atoms with E-state index in [9.17, 15) is 0 Å². The molecule has 4 rings (SSSR count). The van der Waals surface area contributed by atoms with E-state index >= 15 is 0 Å². The van der Waals surface area contributed by atoms with E-state index in [4.69, 9.17) is 0 Å². The SMILES string of the molecule is c1ccc(-c2cn[nH]n2)cc1.c1ccc2[nH]ccc2c1. The highest BCUT2D eigenvalue weighted by Crippen LogP contribution is 2.12. The zero-order valence-corrected chi connectivity index (χ0v) is 10.8. The minimum absolute atomic E-state index is 0.880. The van der Waals surface area contributed by atoms with Crippen molar-refractivity contribution in [3.63, 3.8) is 0 Å². The summed E-state index contributed by atoms with van der Waals surface area (Å²) in [4.78, 5) is 3.12. The third kappa shape index (κ3) is 2.75. The van der Waals surface area contributed by atoms with Crippen LogP contribution < -0.4 is 0 Å². The maximum Gasteiger partial charge on any atom is 0.112 e. The van der Waals surface area contributed by atoms with Crippen molar-refractivity contribution >= 4 is 10.9 Å². The summed E-state index contributed by atoms with van der Waals surface area (Å²) in [7, 11) is 0. The van der Waals surface area contributed by atoms with E-state index in [1.165, 1.54) is 10.9 Å². The van der Waals surface area contributed by atoms with Gasteiger partial charge in [0.15, 0.2) is 0 Å². The second-order valence-electron chi connectivity index (χ2n) is 4.29. The molecule has 0 amide bonds. The highest BCUT2D eigenvalue weighted by atomic mass is 15.3. The molecule has 0 aliphatic heterocycles. The van der Waals surface area contributed by atoms with E-state index in [1.54, 1.807) is 6.20 Å². The molecule has 2 aromatic carbocycles. The highest BCUT2D eigenvalue weighted by molar-refractivity contribution is 5.78. The molecule has 98 valence electrons. The number of rotatable bonds is 1. The van der Waals surface area contributed by atoms with E-state index in [0.717, 1.165) is 11.3 Å². The summed E-state index contributed by atoms with van der Waals surface area (Å²) >= 11 is 0. The summed E-state index contributed by atoms with van der Waals surface area (Å²) < 4.78 is 0. The number of aromatic amines is 2. The molecule has 4 nitrogen and oxygen atoms in total. The second kappa shape index (κ2) is 5.84. The van der Waals surface area contributed by atoms with Crippen LogP contribution in [0.5, 0.6) is 0 Å². The second-order valence-corrected chi connectivity index (χ2v) is 4.29. The Hall–Kier alpha value is -2.88. The number of nitrogens with one attached hydrogen (secondary N) is 2. The third-order valence-electron chi connectivity index (χ3n) is 2.95. The Morgan fingerprint density at radius 1 is 0.800 bits per heavy atom. The average Bonchev–Trinajstić information content (AvgIpc) is 3.20. The highest BCUT2D eigenvalue weighted by Gasteiger charge is 1.96. The molecule has 0 aliphatic rings. The molecule has 0 fully saturated rings. The third-order valence-corrected chi connectivity index (χ3v) is 2.95. The Kier molecular flexibility index (Phi) is 3.55. The van der Waals surface area contributed by atoms with E-state index < -0.39 is 0 Å². The van der Waals surface area contributed by atoms with Crippen LogP contribution in [0.2, 0.25) is 0 Å². The summed E-state index contributed by atoms with van der Waals surface area (Å²) in [5.41, 5.74) is 3.17. The molecule has 0 spiro atoms. The van der Waals surface area contributed by atoms with Gasteiger partial charge in [-0.2, -0.15) is 15.4 Å². The summed E-state index contributed by atoms with van der Waals surface area (Å²) in [6.45, 7) is 0. The van der Waals surface area contributed by atoms with Crippen molar-refractivity contribution < 1.29 is 0 Å². The fourth-order valence-electron chi connectivity index (χ4n) is 1.94. The lowest BCUT2D eigenvalue weighted by Crippen LogP contribution is -1.75. The van der Waals surface area contributed by atoms with Crippen LogP contribution in [0, 0.1) is 0 Å². The smallest absolute Gasteiger partial charge is 0.112 e. The van der Waals surface area contributed by atoms with Gasteiger partial charge in [0.2, 0.25) is 0 Å². The minimum Gasteiger partial charge on any atom is -0.361 e. The quantitative estimate of drug-likeness (QED) is 0.550. The molecule has 0 radical (unpaired) electrons. The number of aromatic nitrogens is 4. The molecule has 0 aliphatic carbocycles. The maximum absolute atomic E-state index is 3.95. The van der Waals surface area contributed by atoms with Crippen LogP contribution in [0.3, 0.4) is 0 Å². The van der Waals surface area contributed by atoms with Gasteiger partial charge in [0.05, 0.1) is 6.20 Å². The Labute approximate surface area is 116 Å². The van der Waals surface area contributed by atoms with Gasteiger partial charge < -0.3 is 4.98 Å². The first-order valence-electron chi connectivity index (χ1n) is 6.37. The molecule has 2 heterocycles. The fourth-order valence-corrected chi connectivity index (χ4v) is 1.94. The van der Waals surface area contributed by atoms with Crippen LogP contribution in [0.4, 0.5) is 0 Å². The number of hydrogen-bond acceptors (Lipinski definition) is 2. The molecule has 4 heteroatoms. The zero-order valence-electron chi connectivity index (χ0n) is 10.8. The van der Waals surface area contributed by atoms with Crippen LogP contribution in [0.15, 0.2) is 73.1 Å². The summed E-state index contributed by atoms with van der Waals surface area (Å²) in [6.07, 6.45) is 3.65. The topological polar surface area (TPSA) is 57.4 Å². The van der Waals surface area contributed by atoms with Crippen molar-refractivity contribution in [3.05, 3.63) is 73.1 Å². The maximum atomic E-state index is 3.95. The molecule has 2 N–H and O–H groups in total. The molecule has 0 saturated carbocycles. The van der Waals surface area contributed by atoms with Gasteiger partial charge in [-0.3, -0.25) is 0 Å². The van der Waals surface area contributed by atoms with Gasteiger partial charge in [-0.25, -0.2) is 0 Å². The van der Waals surface area contributed by atoms with E-state index in [0.29, 0.717) is 0 Å². The predicted octanol–water partition coefficient (Wildman–Crippen LogP) is 3.64. The molecular formula is C16H14N4. The molecule has 20 heavy (non-hydrogen) atoms. The van der Waals surface area contributed by atoms with Crippen LogP contribution >= 0.6 is 0 Å². The molecule has 0 atom stereocenters. The van der Waals surface area contributed by atoms with Crippen LogP contribution in [0.25, 0.3) is 22.2 Å². The van der Waals surface area contributed by atoms with Crippen LogP contribution in [-0.2, 0) is 0 Å². The van der Waals surface area contributed by atoms with Gasteiger partial charge in [-0.1, -0.05) is 48.5 Å². The summed E-state index contributed by atoms with van der Waals surface area (Å²) in [5.74, 6) is 0. The molecular weight excluding hydrogens is 248 g/mol. The lowest BCUT2D eigenvalue weighted by Gasteiger charge is -1.90.